The Morgan fingerprint density at radius 1 is 1.10 bits per heavy atom. The number of rotatable bonds is 6. The Balaban J connectivity index is 1.44. The molecule has 0 spiro atoms. The van der Waals surface area contributed by atoms with Gasteiger partial charge in [0, 0.05) is 19.3 Å². The second-order valence-electron chi connectivity index (χ2n) is 6.84. The zero-order chi connectivity index (χ0) is 14.5. The molecule has 1 aromatic rings. The second kappa shape index (κ2) is 7.41. The van der Waals surface area contributed by atoms with E-state index in [-0.39, 0.29) is 0 Å². The minimum Gasteiger partial charge on any atom is -0.396 e. The molecule has 2 atom stereocenters. The summed E-state index contributed by atoms with van der Waals surface area (Å²) < 4.78 is 2.18. The molecule has 1 aromatic heterocycles. The monoisotopic (exact) mass is 291 g/mol. The third kappa shape index (κ3) is 3.86. The van der Waals surface area contributed by atoms with E-state index in [0.29, 0.717) is 24.5 Å². The van der Waals surface area contributed by atoms with Crippen LogP contribution in [0.15, 0.2) is 12.3 Å². The fourth-order valence-electron chi connectivity index (χ4n) is 4.03. The molecule has 3 rings (SSSR count). The third-order valence-corrected chi connectivity index (χ3v) is 5.38. The molecular weight excluding hydrogens is 262 g/mol. The molecule has 2 aliphatic carbocycles. The molecule has 2 fully saturated rings. The third-order valence-electron chi connectivity index (χ3n) is 5.38. The van der Waals surface area contributed by atoms with Gasteiger partial charge in [-0.05, 0) is 50.1 Å². The molecular formula is C17H29N3O. The first kappa shape index (κ1) is 15.0. The molecule has 1 heterocycles. The van der Waals surface area contributed by atoms with Gasteiger partial charge in [0.2, 0.25) is 0 Å². The number of aromatic nitrogens is 2. The van der Waals surface area contributed by atoms with Crippen molar-refractivity contribution in [2.24, 2.45) is 11.8 Å². The summed E-state index contributed by atoms with van der Waals surface area (Å²) in [5, 5.41) is 17.6. The predicted molar refractivity (Wildman–Crippen MR) is 84.0 cm³/mol. The molecule has 0 bridgehead atoms. The summed E-state index contributed by atoms with van der Waals surface area (Å²) in [5.41, 5.74) is 1.15. The number of nitrogens with one attached hydrogen (secondary N) is 1. The summed E-state index contributed by atoms with van der Waals surface area (Å²) in [6.45, 7) is 2.22. The Morgan fingerprint density at radius 2 is 1.90 bits per heavy atom. The maximum absolute atomic E-state index is 9.36. The van der Waals surface area contributed by atoms with Crippen molar-refractivity contribution in [2.45, 2.75) is 64.0 Å². The van der Waals surface area contributed by atoms with E-state index in [0.717, 1.165) is 18.8 Å². The van der Waals surface area contributed by atoms with Crippen molar-refractivity contribution in [1.29, 1.82) is 0 Å². The standard InChI is InChI=1S/C17H29N3O/c21-13-15-6-4-5-14(15)11-18-12-16-9-10-20(19-16)17-7-2-1-3-8-17/h9-10,14-15,17-18,21H,1-8,11-13H2. The van der Waals surface area contributed by atoms with Crippen LogP contribution in [0, 0.1) is 11.8 Å². The van der Waals surface area contributed by atoms with Gasteiger partial charge in [-0.15, -0.1) is 0 Å². The van der Waals surface area contributed by atoms with Crippen LogP contribution in [0.1, 0.15) is 63.1 Å². The van der Waals surface area contributed by atoms with Gasteiger partial charge in [0.15, 0.2) is 0 Å². The summed E-state index contributed by atoms with van der Waals surface area (Å²) in [6.07, 6.45) is 12.5. The van der Waals surface area contributed by atoms with Crippen LogP contribution in [0.2, 0.25) is 0 Å². The Labute approximate surface area is 127 Å². The van der Waals surface area contributed by atoms with Gasteiger partial charge in [-0.1, -0.05) is 25.7 Å². The molecule has 0 saturated heterocycles. The molecule has 0 aliphatic heterocycles. The van der Waals surface area contributed by atoms with Crippen molar-refractivity contribution in [3.63, 3.8) is 0 Å². The van der Waals surface area contributed by atoms with Gasteiger partial charge < -0.3 is 10.4 Å². The van der Waals surface area contributed by atoms with Crippen molar-refractivity contribution < 1.29 is 5.11 Å². The van der Waals surface area contributed by atoms with E-state index in [4.69, 9.17) is 5.10 Å². The van der Waals surface area contributed by atoms with E-state index in [1.54, 1.807) is 0 Å². The van der Waals surface area contributed by atoms with Gasteiger partial charge in [0.05, 0.1) is 11.7 Å². The van der Waals surface area contributed by atoms with Crippen LogP contribution in [0.4, 0.5) is 0 Å². The van der Waals surface area contributed by atoms with Crippen LogP contribution >= 0.6 is 0 Å². The number of nitrogens with zero attached hydrogens (tertiary/aromatic N) is 2. The average molecular weight is 291 g/mol. The lowest BCUT2D eigenvalue weighted by molar-refractivity contribution is 0.192. The topological polar surface area (TPSA) is 50.1 Å². The molecule has 2 N–H and O–H groups in total. The van der Waals surface area contributed by atoms with Crippen LogP contribution < -0.4 is 5.32 Å². The number of aliphatic hydroxyl groups is 1. The van der Waals surface area contributed by atoms with Crippen molar-refractivity contribution in [1.82, 2.24) is 15.1 Å². The van der Waals surface area contributed by atoms with Gasteiger partial charge >= 0.3 is 0 Å². The molecule has 0 aromatic carbocycles. The van der Waals surface area contributed by atoms with Gasteiger partial charge in [-0.2, -0.15) is 5.10 Å². The molecule has 0 radical (unpaired) electrons. The molecule has 2 unspecified atom stereocenters. The zero-order valence-corrected chi connectivity index (χ0v) is 13.0. The van der Waals surface area contributed by atoms with Crippen LogP contribution in [-0.2, 0) is 6.54 Å². The highest BCUT2D eigenvalue weighted by Crippen LogP contribution is 2.30. The van der Waals surface area contributed by atoms with Gasteiger partial charge in [0.1, 0.15) is 0 Å². The fraction of sp³-hybridized carbons (Fsp3) is 0.824. The van der Waals surface area contributed by atoms with Crippen LogP contribution in [-0.4, -0.2) is 28.0 Å². The SMILES string of the molecule is OCC1CCCC1CNCc1ccn(C2CCCCC2)n1. The summed E-state index contributed by atoms with van der Waals surface area (Å²) >= 11 is 0. The lowest BCUT2D eigenvalue weighted by atomic mass is 9.96. The molecule has 4 heteroatoms. The van der Waals surface area contributed by atoms with Crippen molar-refractivity contribution in [3.05, 3.63) is 18.0 Å². The number of hydrogen-bond donors (Lipinski definition) is 2. The molecule has 2 aliphatic rings. The molecule has 0 amide bonds. The van der Waals surface area contributed by atoms with E-state index in [1.165, 1.54) is 51.4 Å². The lowest BCUT2D eigenvalue weighted by Gasteiger charge is -2.21. The summed E-state index contributed by atoms with van der Waals surface area (Å²) in [4.78, 5) is 0. The fourth-order valence-corrected chi connectivity index (χ4v) is 4.03. The lowest BCUT2D eigenvalue weighted by Crippen LogP contribution is -2.26. The predicted octanol–water partition coefficient (Wildman–Crippen LogP) is 2.89. The summed E-state index contributed by atoms with van der Waals surface area (Å²) in [5.74, 6) is 1.16. The van der Waals surface area contributed by atoms with Gasteiger partial charge in [-0.25, -0.2) is 0 Å². The van der Waals surface area contributed by atoms with E-state index in [9.17, 15) is 5.11 Å². The Hall–Kier alpha value is -0.870. The molecule has 118 valence electrons. The first-order valence-corrected chi connectivity index (χ1v) is 8.72. The first-order valence-electron chi connectivity index (χ1n) is 8.72. The highest BCUT2D eigenvalue weighted by Gasteiger charge is 2.26. The van der Waals surface area contributed by atoms with E-state index in [1.807, 2.05) is 0 Å². The molecule has 4 nitrogen and oxygen atoms in total. The van der Waals surface area contributed by atoms with Crippen molar-refractivity contribution >= 4 is 0 Å². The average Bonchev–Trinajstić information content (AvgIpc) is 3.17. The minimum atomic E-state index is 0.350. The molecule has 21 heavy (non-hydrogen) atoms. The number of aliphatic hydroxyl groups excluding tert-OH is 1. The van der Waals surface area contributed by atoms with E-state index in [2.05, 4.69) is 22.3 Å². The van der Waals surface area contributed by atoms with Crippen LogP contribution in [0.3, 0.4) is 0 Å². The largest absolute Gasteiger partial charge is 0.396 e. The smallest absolute Gasteiger partial charge is 0.0762 e. The Morgan fingerprint density at radius 3 is 2.71 bits per heavy atom. The zero-order valence-electron chi connectivity index (χ0n) is 13.0. The quantitative estimate of drug-likeness (QED) is 0.847. The van der Waals surface area contributed by atoms with Crippen molar-refractivity contribution in [3.8, 4) is 0 Å². The maximum atomic E-state index is 9.36. The Bertz CT molecular complexity index is 425. The summed E-state index contributed by atoms with van der Waals surface area (Å²) in [6, 6.07) is 2.78. The summed E-state index contributed by atoms with van der Waals surface area (Å²) in [7, 11) is 0. The minimum absolute atomic E-state index is 0.350. The highest BCUT2D eigenvalue weighted by atomic mass is 16.3. The van der Waals surface area contributed by atoms with Crippen molar-refractivity contribution in [2.75, 3.05) is 13.2 Å². The van der Waals surface area contributed by atoms with Crippen LogP contribution in [0.5, 0.6) is 0 Å². The maximum Gasteiger partial charge on any atom is 0.0762 e. The Kier molecular flexibility index (Phi) is 5.31. The van der Waals surface area contributed by atoms with E-state index >= 15 is 0 Å². The highest BCUT2D eigenvalue weighted by molar-refractivity contribution is 5.00. The normalized spacial score (nSPS) is 27.3. The molecule has 2 saturated carbocycles. The number of hydrogen-bond acceptors (Lipinski definition) is 3. The van der Waals surface area contributed by atoms with Gasteiger partial charge in [-0.3, -0.25) is 4.68 Å². The second-order valence-corrected chi connectivity index (χ2v) is 6.84. The van der Waals surface area contributed by atoms with Crippen LogP contribution in [0.25, 0.3) is 0 Å². The van der Waals surface area contributed by atoms with E-state index < -0.39 is 0 Å². The van der Waals surface area contributed by atoms with Gasteiger partial charge in [0.25, 0.3) is 0 Å². The first-order chi connectivity index (χ1) is 10.4.